The van der Waals surface area contributed by atoms with Crippen molar-refractivity contribution in [3.05, 3.63) is 240 Å². The van der Waals surface area contributed by atoms with Gasteiger partial charge in [-0.1, -0.05) is 170 Å². The summed E-state index contributed by atoms with van der Waals surface area (Å²) in [5.74, 6) is 0. The summed E-state index contributed by atoms with van der Waals surface area (Å²) in [6.07, 6.45) is 0. The number of benzene rings is 9. The van der Waals surface area contributed by atoms with Crippen LogP contribution >= 0.6 is 0 Å². The molecule has 0 unspecified atom stereocenters. The molecular formula is C56H35N3. The maximum absolute atomic E-state index is 10.4. The Morgan fingerprint density at radius 1 is 0.407 bits per heavy atom. The van der Waals surface area contributed by atoms with Gasteiger partial charge in [-0.05, 0) is 75.8 Å². The zero-order valence-electron chi connectivity index (χ0n) is 32.0. The van der Waals surface area contributed by atoms with Gasteiger partial charge in [0.1, 0.15) is 0 Å². The van der Waals surface area contributed by atoms with Crippen LogP contribution in [-0.4, -0.2) is 9.13 Å². The number of fused-ring (bicyclic) bond motifs is 10. The molecule has 0 aliphatic heterocycles. The molecule has 0 amide bonds. The lowest BCUT2D eigenvalue weighted by Gasteiger charge is -2.33. The van der Waals surface area contributed by atoms with Gasteiger partial charge >= 0.3 is 0 Å². The second kappa shape index (κ2) is 12.8. The van der Waals surface area contributed by atoms with Crippen LogP contribution in [0.3, 0.4) is 0 Å². The van der Waals surface area contributed by atoms with Gasteiger partial charge < -0.3 is 9.13 Å². The molecule has 0 spiro atoms. The fourth-order valence-electron chi connectivity index (χ4n) is 10.3. The first kappa shape index (κ1) is 33.2. The molecule has 0 bridgehead atoms. The summed E-state index contributed by atoms with van der Waals surface area (Å²) in [7, 11) is 0. The van der Waals surface area contributed by atoms with E-state index in [0.717, 1.165) is 33.5 Å². The predicted molar refractivity (Wildman–Crippen MR) is 243 cm³/mol. The Labute approximate surface area is 341 Å². The van der Waals surface area contributed by atoms with Crippen molar-refractivity contribution in [3.63, 3.8) is 0 Å². The number of nitriles is 1. The highest BCUT2D eigenvalue weighted by Crippen LogP contribution is 2.58. The number of hydrogen-bond donors (Lipinski definition) is 0. The molecule has 2 aromatic heterocycles. The Morgan fingerprint density at radius 3 is 1.58 bits per heavy atom. The van der Waals surface area contributed by atoms with E-state index in [1.54, 1.807) is 0 Å². The van der Waals surface area contributed by atoms with E-state index in [2.05, 4.69) is 221 Å². The molecule has 59 heavy (non-hydrogen) atoms. The van der Waals surface area contributed by atoms with Crippen LogP contribution in [0.4, 0.5) is 0 Å². The smallest absolute Gasteiger partial charge is 0.0992 e. The van der Waals surface area contributed by atoms with Gasteiger partial charge in [-0.3, -0.25) is 0 Å². The van der Waals surface area contributed by atoms with Gasteiger partial charge in [-0.25, -0.2) is 0 Å². The molecule has 1 aliphatic rings. The van der Waals surface area contributed by atoms with Crippen LogP contribution < -0.4 is 0 Å². The van der Waals surface area contributed by atoms with Gasteiger partial charge in [0.2, 0.25) is 0 Å². The number of aromatic nitrogens is 2. The zero-order valence-corrected chi connectivity index (χ0v) is 32.0. The van der Waals surface area contributed by atoms with Gasteiger partial charge in [0.15, 0.2) is 0 Å². The Bertz CT molecular complexity index is 3400. The minimum atomic E-state index is -0.538. The van der Waals surface area contributed by atoms with Crippen molar-refractivity contribution in [3.8, 4) is 39.7 Å². The Kier molecular flexibility index (Phi) is 7.21. The monoisotopic (exact) mass is 749 g/mol. The van der Waals surface area contributed by atoms with Crippen molar-refractivity contribution in [2.45, 2.75) is 5.41 Å². The maximum atomic E-state index is 10.4. The van der Waals surface area contributed by atoms with Crippen LogP contribution in [0.25, 0.3) is 77.2 Å². The maximum Gasteiger partial charge on any atom is 0.0992 e. The van der Waals surface area contributed by atoms with E-state index in [1.807, 2.05) is 6.07 Å². The van der Waals surface area contributed by atoms with Crippen molar-refractivity contribution in [1.82, 2.24) is 9.13 Å². The topological polar surface area (TPSA) is 33.6 Å². The van der Waals surface area contributed by atoms with E-state index in [0.29, 0.717) is 5.56 Å². The molecule has 3 nitrogen and oxygen atoms in total. The molecular weight excluding hydrogens is 715 g/mol. The van der Waals surface area contributed by atoms with Crippen LogP contribution in [0.15, 0.2) is 212 Å². The van der Waals surface area contributed by atoms with E-state index >= 15 is 0 Å². The lowest BCUT2D eigenvalue weighted by molar-refractivity contribution is 0.769. The molecule has 274 valence electrons. The van der Waals surface area contributed by atoms with E-state index in [9.17, 15) is 5.26 Å². The van der Waals surface area contributed by atoms with Gasteiger partial charge in [0.25, 0.3) is 0 Å². The van der Waals surface area contributed by atoms with Gasteiger partial charge in [0, 0.05) is 38.4 Å². The predicted octanol–water partition coefficient (Wildman–Crippen LogP) is 13.8. The Morgan fingerprint density at radius 2 is 0.949 bits per heavy atom. The second-order valence-electron chi connectivity index (χ2n) is 15.5. The summed E-state index contributed by atoms with van der Waals surface area (Å²) in [5.41, 5.74) is 16.3. The second-order valence-corrected chi connectivity index (χ2v) is 15.5. The average molecular weight is 750 g/mol. The third-order valence-electron chi connectivity index (χ3n) is 12.6. The van der Waals surface area contributed by atoms with Crippen molar-refractivity contribution < 1.29 is 0 Å². The van der Waals surface area contributed by atoms with Gasteiger partial charge in [0.05, 0.1) is 44.8 Å². The number of nitrogens with zero attached hydrogens (tertiary/aromatic N) is 3. The summed E-state index contributed by atoms with van der Waals surface area (Å²) in [6.45, 7) is 0. The third-order valence-corrected chi connectivity index (χ3v) is 12.6. The molecule has 3 heteroatoms. The fourth-order valence-corrected chi connectivity index (χ4v) is 10.3. The Hall–Kier alpha value is -7.93. The van der Waals surface area contributed by atoms with Crippen LogP contribution in [0, 0.1) is 11.3 Å². The largest absolute Gasteiger partial charge is 0.309 e. The Balaban J connectivity index is 1.15. The normalized spacial score (nSPS) is 12.9. The van der Waals surface area contributed by atoms with E-state index in [4.69, 9.17) is 0 Å². The zero-order chi connectivity index (χ0) is 39.1. The lowest BCUT2D eigenvalue weighted by atomic mass is 9.67. The first-order valence-electron chi connectivity index (χ1n) is 20.2. The first-order valence-corrected chi connectivity index (χ1v) is 20.2. The molecule has 1 aliphatic carbocycles. The molecule has 11 aromatic rings. The number of para-hydroxylation sites is 3. The molecule has 2 heterocycles. The summed E-state index contributed by atoms with van der Waals surface area (Å²) < 4.78 is 4.79. The summed E-state index contributed by atoms with van der Waals surface area (Å²) in [4.78, 5) is 0. The van der Waals surface area contributed by atoms with Crippen LogP contribution in [0.2, 0.25) is 0 Å². The molecule has 0 saturated carbocycles. The molecule has 0 radical (unpaired) electrons. The fraction of sp³-hybridized carbons (Fsp3) is 0.0179. The standard InChI is InChI=1S/C56H35N3/c57-36-37-27-32-42(38-28-30-41(31-29-38)58-50-24-12-8-19-43(50)44-20-9-13-25-51(44)58)53(35-37)59-52-26-14-10-21-45(52)46-33-34-49-54(55(46)59)47-22-7-11-23-48(47)56(49,39-15-3-1-4-16-39)40-17-5-2-6-18-40/h1-35H. The van der Waals surface area contributed by atoms with Crippen molar-refractivity contribution in [2.75, 3.05) is 0 Å². The first-order chi connectivity index (χ1) is 29.3. The highest BCUT2D eigenvalue weighted by molar-refractivity contribution is 6.16. The van der Waals surface area contributed by atoms with Crippen molar-refractivity contribution >= 4 is 43.6 Å². The van der Waals surface area contributed by atoms with E-state index < -0.39 is 5.41 Å². The lowest BCUT2D eigenvalue weighted by Crippen LogP contribution is -2.28. The van der Waals surface area contributed by atoms with Crippen molar-refractivity contribution in [2.24, 2.45) is 0 Å². The van der Waals surface area contributed by atoms with Gasteiger partial charge in [-0.2, -0.15) is 5.26 Å². The molecule has 0 N–H and O–H groups in total. The van der Waals surface area contributed by atoms with E-state index in [-0.39, 0.29) is 0 Å². The highest BCUT2D eigenvalue weighted by atomic mass is 15.0. The quantitative estimate of drug-likeness (QED) is 0.172. The minimum absolute atomic E-state index is 0.538. The minimum Gasteiger partial charge on any atom is -0.309 e. The SMILES string of the molecule is N#Cc1ccc(-c2ccc(-n3c4ccccc4c4ccccc43)cc2)c(-n2c3ccccc3c3ccc4c(c32)-c2ccccc2C4(c2ccccc2)c2ccccc2)c1. The summed E-state index contributed by atoms with van der Waals surface area (Å²) >= 11 is 0. The molecule has 9 aromatic carbocycles. The van der Waals surface area contributed by atoms with Crippen LogP contribution in [0.1, 0.15) is 27.8 Å². The summed E-state index contributed by atoms with van der Waals surface area (Å²) in [6, 6.07) is 79.1. The number of hydrogen-bond acceptors (Lipinski definition) is 1. The van der Waals surface area contributed by atoms with Crippen molar-refractivity contribution in [1.29, 1.82) is 5.26 Å². The molecule has 0 saturated heterocycles. The highest BCUT2D eigenvalue weighted by Gasteiger charge is 2.47. The molecule has 12 rings (SSSR count). The van der Waals surface area contributed by atoms with Crippen LogP contribution in [-0.2, 0) is 5.41 Å². The average Bonchev–Trinajstić information content (AvgIpc) is 3.94. The van der Waals surface area contributed by atoms with Gasteiger partial charge in [-0.15, -0.1) is 0 Å². The summed E-state index contributed by atoms with van der Waals surface area (Å²) in [5, 5.41) is 15.2. The van der Waals surface area contributed by atoms with E-state index in [1.165, 1.54) is 66.0 Å². The third kappa shape index (κ3) is 4.63. The number of rotatable bonds is 5. The van der Waals surface area contributed by atoms with Crippen LogP contribution in [0.5, 0.6) is 0 Å². The molecule has 0 fully saturated rings. The molecule has 0 atom stereocenters.